The van der Waals surface area contributed by atoms with Crippen LogP contribution in [0.5, 0.6) is 0 Å². The van der Waals surface area contributed by atoms with Crippen LogP contribution in [0.25, 0.3) is 33.4 Å². The van der Waals surface area contributed by atoms with E-state index in [1.54, 1.807) is 0 Å². The first kappa shape index (κ1) is 31.4. The molecule has 2 atom stereocenters. The molecule has 4 aliphatic rings. The molecular weight excluding hydrogens is 651 g/mol. The number of benzene rings is 7. The average molecular weight is 692 g/mol. The highest BCUT2D eigenvalue weighted by Gasteiger charge is 2.61. The first-order valence-corrected chi connectivity index (χ1v) is 19.3. The van der Waals surface area contributed by atoms with Gasteiger partial charge in [0.2, 0.25) is 0 Å². The van der Waals surface area contributed by atoms with Gasteiger partial charge in [-0.2, -0.15) is 0 Å². The Morgan fingerprint density at radius 2 is 0.926 bits per heavy atom. The summed E-state index contributed by atoms with van der Waals surface area (Å²) in [5.74, 6) is 0.201. The highest BCUT2D eigenvalue weighted by molar-refractivity contribution is 5.88. The molecular formula is C53H41N. The van der Waals surface area contributed by atoms with Gasteiger partial charge in [0.25, 0.3) is 0 Å². The third-order valence-corrected chi connectivity index (χ3v) is 13.3. The molecule has 1 heteroatoms. The summed E-state index contributed by atoms with van der Waals surface area (Å²) in [4.78, 5) is 2.50. The molecule has 0 N–H and O–H groups in total. The van der Waals surface area contributed by atoms with E-state index in [4.69, 9.17) is 0 Å². The van der Waals surface area contributed by atoms with Gasteiger partial charge in [0.05, 0.1) is 5.41 Å². The van der Waals surface area contributed by atoms with E-state index in [0.29, 0.717) is 0 Å². The predicted molar refractivity (Wildman–Crippen MR) is 224 cm³/mol. The number of rotatable bonds is 4. The van der Waals surface area contributed by atoms with Crippen LogP contribution in [-0.2, 0) is 16.2 Å². The monoisotopic (exact) mass is 691 g/mol. The normalized spacial score (nSPS) is 20.0. The van der Waals surface area contributed by atoms with Gasteiger partial charge in [0, 0.05) is 33.8 Å². The molecule has 0 saturated carbocycles. The van der Waals surface area contributed by atoms with E-state index in [1.807, 2.05) is 0 Å². The average Bonchev–Trinajstić information content (AvgIpc) is 3.74. The molecule has 2 unspecified atom stereocenters. The highest BCUT2D eigenvalue weighted by atomic mass is 15.1. The van der Waals surface area contributed by atoms with Gasteiger partial charge in [0.1, 0.15) is 0 Å². The van der Waals surface area contributed by atoms with Crippen LogP contribution < -0.4 is 4.90 Å². The van der Waals surface area contributed by atoms with Gasteiger partial charge in [-0.1, -0.05) is 172 Å². The van der Waals surface area contributed by atoms with E-state index in [9.17, 15) is 0 Å². The van der Waals surface area contributed by atoms with Crippen molar-refractivity contribution < 1.29 is 0 Å². The van der Waals surface area contributed by atoms with Crippen molar-refractivity contribution in [3.05, 3.63) is 227 Å². The molecule has 0 aromatic heterocycles. The smallest absolute Gasteiger partial charge is 0.0540 e. The van der Waals surface area contributed by atoms with Crippen LogP contribution in [0.3, 0.4) is 0 Å². The summed E-state index contributed by atoms with van der Waals surface area (Å²) in [5.41, 5.74) is 19.2. The number of fused-ring (bicyclic) bond motifs is 13. The molecule has 54 heavy (non-hydrogen) atoms. The molecule has 7 aromatic rings. The molecule has 0 bridgehead atoms. The largest absolute Gasteiger partial charge is 0.311 e. The fourth-order valence-electron chi connectivity index (χ4n) is 10.9. The van der Waals surface area contributed by atoms with Crippen LogP contribution in [0.15, 0.2) is 194 Å². The minimum atomic E-state index is -0.275. The number of hydrogen-bond acceptors (Lipinski definition) is 1. The van der Waals surface area contributed by atoms with Gasteiger partial charge in [-0.05, 0) is 103 Å². The van der Waals surface area contributed by atoms with Crippen molar-refractivity contribution in [3.8, 4) is 33.4 Å². The van der Waals surface area contributed by atoms with E-state index < -0.39 is 0 Å². The summed E-state index contributed by atoms with van der Waals surface area (Å²) >= 11 is 0. The number of allylic oxidation sites excluding steroid dienone is 3. The third kappa shape index (κ3) is 4.05. The van der Waals surface area contributed by atoms with Crippen molar-refractivity contribution in [1.29, 1.82) is 0 Å². The second-order valence-electron chi connectivity index (χ2n) is 16.3. The lowest BCUT2D eigenvalue weighted by Gasteiger charge is -2.42. The summed E-state index contributed by atoms with van der Waals surface area (Å²) in [7, 11) is 0. The molecule has 0 heterocycles. The van der Waals surface area contributed by atoms with Gasteiger partial charge < -0.3 is 4.90 Å². The lowest BCUT2D eigenvalue weighted by atomic mass is 9.61. The van der Waals surface area contributed by atoms with Crippen LogP contribution in [0.4, 0.5) is 11.4 Å². The van der Waals surface area contributed by atoms with Crippen LogP contribution in [-0.4, -0.2) is 0 Å². The van der Waals surface area contributed by atoms with Crippen molar-refractivity contribution >= 4 is 11.4 Å². The number of nitrogens with zero attached hydrogens (tertiary/aromatic N) is 1. The number of hydrogen-bond donors (Lipinski definition) is 0. The van der Waals surface area contributed by atoms with Crippen molar-refractivity contribution in [2.24, 2.45) is 5.92 Å². The molecule has 7 aromatic carbocycles. The van der Waals surface area contributed by atoms with Gasteiger partial charge in [-0.25, -0.2) is 0 Å². The van der Waals surface area contributed by atoms with Gasteiger partial charge in [0.15, 0.2) is 0 Å². The van der Waals surface area contributed by atoms with Crippen LogP contribution in [0.2, 0.25) is 0 Å². The van der Waals surface area contributed by atoms with E-state index in [1.165, 1.54) is 78.1 Å². The summed E-state index contributed by atoms with van der Waals surface area (Å²) < 4.78 is 0. The van der Waals surface area contributed by atoms with Crippen LogP contribution in [0, 0.1) is 5.92 Å². The summed E-state index contributed by atoms with van der Waals surface area (Å²) in [6.45, 7) is 7.23. The predicted octanol–water partition coefficient (Wildman–Crippen LogP) is 13.2. The van der Waals surface area contributed by atoms with Gasteiger partial charge >= 0.3 is 0 Å². The third-order valence-electron chi connectivity index (χ3n) is 13.3. The van der Waals surface area contributed by atoms with E-state index in [-0.39, 0.29) is 22.2 Å². The molecule has 0 aliphatic heterocycles. The second kappa shape index (κ2) is 11.2. The van der Waals surface area contributed by atoms with E-state index in [0.717, 1.165) is 5.69 Å². The Bertz CT molecular complexity index is 2660. The Morgan fingerprint density at radius 1 is 0.426 bits per heavy atom. The molecule has 4 aliphatic carbocycles. The topological polar surface area (TPSA) is 3.24 Å². The SMILES string of the molecule is CC1(C)c2ccccc2-c2ccc(N(C3=CC4(C)c5ccccc5C5(c6ccccc6-c6ccccc65)C4C=C3)c3ccc(-c4ccccc4)cc3)cc21. The Kier molecular flexibility index (Phi) is 6.48. The molecule has 11 rings (SSSR count). The zero-order chi connectivity index (χ0) is 36.2. The fourth-order valence-corrected chi connectivity index (χ4v) is 10.9. The van der Waals surface area contributed by atoms with E-state index >= 15 is 0 Å². The molecule has 0 amide bonds. The molecule has 0 saturated heterocycles. The summed E-state index contributed by atoms with van der Waals surface area (Å²) in [5, 5.41) is 0. The first-order valence-electron chi connectivity index (χ1n) is 19.3. The molecule has 258 valence electrons. The number of anilines is 2. The van der Waals surface area contributed by atoms with Crippen LogP contribution in [0.1, 0.15) is 54.2 Å². The molecule has 0 fully saturated rings. The molecule has 1 spiro atoms. The Hall–Kier alpha value is -6.18. The zero-order valence-electron chi connectivity index (χ0n) is 30.9. The van der Waals surface area contributed by atoms with Crippen LogP contribution >= 0.6 is 0 Å². The van der Waals surface area contributed by atoms with Crippen molar-refractivity contribution in [2.75, 3.05) is 4.90 Å². The molecule has 1 nitrogen and oxygen atoms in total. The minimum absolute atomic E-state index is 0.0985. The van der Waals surface area contributed by atoms with Gasteiger partial charge in [-0.3, -0.25) is 0 Å². The lowest BCUT2D eigenvalue weighted by Crippen LogP contribution is -2.40. The van der Waals surface area contributed by atoms with Crippen molar-refractivity contribution in [3.63, 3.8) is 0 Å². The van der Waals surface area contributed by atoms with E-state index in [2.05, 4.69) is 214 Å². The van der Waals surface area contributed by atoms with Crippen molar-refractivity contribution in [2.45, 2.75) is 37.0 Å². The maximum atomic E-state index is 2.59. The zero-order valence-corrected chi connectivity index (χ0v) is 30.9. The van der Waals surface area contributed by atoms with Crippen molar-refractivity contribution in [1.82, 2.24) is 0 Å². The fraction of sp³-hybridized carbons (Fsp3) is 0.132. The summed E-state index contributed by atoms with van der Waals surface area (Å²) in [6.07, 6.45) is 7.56. The molecule has 0 radical (unpaired) electrons. The highest BCUT2D eigenvalue weighted by Crippen LogP contribution is 2.67. The Balaban J connectivity index is 1.11. The lowest BCUT2D eigenvalue weighted by molar-refractivity contribution is 0.369. The summed E-state index contributed by atoms with van der Waals surface area (Å²) in [6, 6.07) is 63.4. The Morgan fingerprint density at radius 3 is 1.59 bits per heavy atom. The maximum Gasteiger partial charge on any atom is 0.0540 e. The maximum absolute atomic E-state index is 2.59. The standard InChI is InChI=1S/C53H41N/c1-51(2)44-20-10-7-17-40(44)43-31-29-38(33-49(43)51)54(37-27-25-36(26-28-37)35-15-5-4-6-16-35)39-30-32-50-52(3,34-39)47-23-13-14-24-48(47)53(50)45-21-11-8-18-41(45)42-19-9-12-22-46(42)53/h4-34,50H,1-3H3. The Labute approximate surface area is 318 Å². The second-order valence-corrected chi connectivity index (χ2v) is 16.3. The quantitative estimate of drug-likeness (QED) is 0.178. The first-order chi connectivity index (χ1) is 26.4. The van der Waals surface area contributed by atoms with Gasteiger partial charge in [-0.15, -0.1) is 0 Å². The minimum Gasteiger partial charge on any atom is -0.311 e.